The Morgan fingerprint density at radius 3 is 2.93 bits per heavy atom. The van der Waals surface area contributed by atoms with Crippen LogP contribution in [0.5, 0.6) is 0 Å². The van der Waals surface area contributed by atoms with Gasteiger partial charge in [-0.2, -0.15) is 4.98 Å². The van der Waals surface area contributed by atoms with Gasteiger partial charge in [0.2, 0.25) is 11.1 Å². The summed E-state index contributed by atoms with van der Waals surface area (Å²) in [7, 11) is 1.82. The predicted molar refractivity (Wildman–Crippen MR) is 59.3 cm³/mol. The van der Waals surface area contributed by atoms with Gasteiger partial charge in [-0.05, 0) is 13.2 Å². The van der Waals surface area contributed by atoms with Gasteiger partial charge in [-0.25, -0.2) is 9.67 Å². The zero-order chi connectivity index (χ0) is 10.6. The molecule has 0 aliphatic heterocycles. The molecule has 14 heavy (non-hydrogen) atoms. The van der Waals surface area contributed by atoms with Gasteiger partial charge in [0.1, 0.15) is 0 Å². The minimum Gasteiger partial charge on any atom is -0.232 e. The molecule has 0 aromatic carbocycles. The highest BCUT2D eigenvalue weighted by Crippen LogP contribution is 2.14. The van der Waals surface area contributed by atoms with E-state index in [4.69, 9.17) is 0 Å². The summed E-state index contributed by atoms with van der Waals surface area (Å²) in [5.41, 5.74) is 3.47. The van der Waals surface area contributed by atoms with Gasteiger partial charge in [0.15, 0.2) is 0 Å². The average molecular weight is 208 g/mol. The molecule has 1 aromatic rings. The molecule has 0 saturated carbocycles. The SMILES string of the molecule is C=C=C/C(C)=N/c1nc(SC)nn1C. The molecule has 0 amide bonds. The smallest absolute Gasteiger partial charge is 0.232 e. The molecule has 0 aliphatic rings. The summed E-state index contributed by atoms with van der Waals surface area (Å²) in [6, 6.07) is 0. The molecule has 0 aliphatic carbocycles. The molecule has 0 bridgehead atoms. The van der Waals surface area contributed by atoms with Crippen molar-refractivity contribution in [1.29, 1.82) is 0 Å². The molecule has 0 radical (unpaired) electrons. The van der Waals surface area contributed by atoms with Gasteiger partial charge in [-0.15, -0.1) is 10.8 Å². The zero-order valence-electron chi connectivity index (χ0n) is 8.48. The number of aromatic nitrogens is 3. The Hall–Kier alpha value is -1.32. The molecule has 1 aromatic heterocycles. The number of nitrogens with zero attached hydrogens (tertiary/aromatic N) is 4. The van der Waals surface area contributed by atoms with E-state index >= 15 is 0 Å². The monoisotopic (exact) mass is 208 g/mol. The maximum Gasteiger partial charge on any atom is 0.248 e. The molecule has 0 fully saturated rings. The van der Waals surface area contributed by atoms with Crippen LogP contribution in [0.3, 0.4) is 0 Å². The number of aryl methyl sites for hydroxylation is 1. The maximum absolute atomic E-state index is 4.25. The third-order valence-corrected chi connectivity index (χ3v) is 2.03. The van der Waals surface area contributed by atoms with Crippen LogP contribution < -0.4 is 0 Å². The van der Waals surface area contributed by atoms with Crippen LogP contribution in [0.25, 0.3) is 0 Å². The number of aliphatic imine (C=N–C) groups is 1. The molecule has 0 atom stereocenters. The van der Waals surface area contributed by atoms with Crippen molar-refractivity contribution in [3.63, 3.8) is 0 Å². The third-order valence-electron chi connectivity index (χ3n) is 1.49. The molecule has 0 unspecified atom stereocenters. The number of hydrogen-bond donors (Lipinski definition) is 0. The van der Waals surface area contributed by atoms with E-state index in [-0.39, 0.29) is 0 Å². The third kappa shape index (κ3) is 2.58. The molecular formula is C9H12N4S. The van der Waals surface area contributed by atoms with E-state index in [1.165, 1.54) is 11.8 Å². The number of rotatable bonds is 3. The lowest BCUT2D eigenvalue weighted by atomic mass is 10.4. The van der Waals surface area contributed by atoms with Crippen LogP contribution in [-0.4, -0.2) is 26.7 Å². The molecule has 74 valence electrons. The first-order valence-electron chi connectivity index (χ1n) is 4.03. The lowest BCUT2D eigenvalue weighted by molar-refractivity contribution is 0.741. The molecule has 0 saturated heterocycles. The number of allylic oxidation sites excluding steroid dienone is 1. The van der Waals surface area contributed by atoms with Crippen LogP contribution in [0.2, 0.25) is 0 Å². The van der Waals surface area contributed by atoms with Crippen molar-refractivity contribution >= 4 is 23.4 Å². The Kier molecular flexibility index (Phi) is 3.68. The quantitative estimate of drug-likeness (QED) is 0.433. The summed E-state index contributed by atoms with van der Waals surface area (Å²) >= 11 is 1.49. The second-order valence-corrected chi connectivity index (χ2v) is 3.40. The van der Waals surface area contributed by atoms with Gasteiger partial charge in [0.25, 0.3) is 0 Å². The Balaban J connectivity index is 3.01. The molecule has 5 heteroatoms. The van der Waals surface area contributed by atoms with Crippen LogP contribution in [-0.2, 0) is 7.05 Å². The topological polar surface area (TPSA) is 43.1 Å². The fourth-order valence-corrected chi connectivity index (χ4v) is 1.25. The fourth-order valence-electron chi connectivity index (χ4n) is 0.875. The Bertz CT molecular complexity index is 399. The highest BCUT2D eigenvalue weighted by molar-refractivity contribution is 7.98. The second kappa shape index (κ2) is 4.79. The highest BCUT2D eigenvalue weighted by atomic mass is 32.2. The Morgan fingerprint density at radius 1 is 1.71 bits per heavy atom. The van der Waals surface area contributed by atoms with Gasteiger partial charge in [0, 0.05) is 18.8 Å². The van der Waals surface area contributed by atoms with E-state index in [1.807, 2.05) is 20.2 Å². The Morgan fingerprint density at radius 2 is 2.43 bits per heavy atom. The summed E-state index contributed by atoms with van der Waals surface area (Å²) in [6.45, 7) is 5.34. The largest absolute Gasteiger partial charge is 0.248 e. The summed E-state index contributed by atoms with van der Waals surface area (Å²) in [4.78, 5) is 8.46. The van der Waals surface area contributed by atoms with Crippen molar-refractivity contribution in [2.24, 2.45) is 12.0 Å². The summed E-state index contributed by atoms with van der Waals surface area (Å²) < 4.78 is 1.65. The van der Waals surface area contributed by atoms with E-state index in [2.05, 4.69) is 27.4 Å². The minimum atomic E-state index is 0.596. The van der Waals surface area contributed by atoms with Crippen molar-refractivity contribution in [3.05, 3.63) is 18.4 Å². The molecule has 1 rings (SSSR count). The first kappa shape index (κ1) is 10.8. The van der Waals surface area contributed by atoms with E-state index in [0.717, 1.165) is 10.9 Å². The van der Waals surface area contributed by atoms with E-state index in [1.54, 1.807) is 10.8 Å². The average Bonchev–Trinajstić information content (AvgIpc) is 2.48. The number of thioether (sulfide) groups is 1. The second-order valence-electron chi connectivity index (χ2n) is 2.62. The van der Waals surface area contributed by atoms with Crippen molar-refractivity contribution < 1.29 is 0 Å². The number of hydrogen-bond acceptors (Lipinski definition) is 4. The van der Waals surface area contributed by atoms with Gasteiger partial charge in [-0.3, -0.25) is 0 Å². The standard InChI is InChI=1S/C9H12N4S/c1-5-6-7(2)10-8-11-9(14-4)12-13(8)3/h6H,1H2,2-4H3/b10-7+. The summed E-state index contributed by atoms with van der Waals surface area (Å²) in [5, 5.41) is 4.88. The lowest BCUT2D eigenvalue weighted by Crippen LogP contribution is -1.91. The van der Waals surface area contributed by atoms with Gasteiger partial charge in [-0.1, -0.05) is 18.3 Å². The predicted octanol–water partition coefficient (Wildman–Crippen LogP) is 1.97. The zero-order valence-corrected chi connectivity index (χ0v) is 9.30. The molecule has 0 N–H and O–H groups in total. The summed E-state index contributed by atoms with van der Waals surface area (Å²) in [6.07, 6.45) is 3.63. The van der Waals surface area contributed by atoms with E-state index < -0.39 is 0 Å². The van der Waals surface area contributed by atoms with Crippen LogP contribution in [0.15, 0.2) is 28.5 Å². The molecule has 1 heterocycles. The van der Waals surface area contributed by atoms with Crippen LogP contribution >= 0.6 is 11.8 Å². The molecule has 0 spiro atoms. The van der Waals surface area contributed by atoms with Gasteiger partial charge >= 0.3 is 0 Å². The van der Waals surface area contributed by atoms with Crippen molar-refractivity contribution in [2.45, 2.75) is 12.1 Å². The van der Waals surface area contributed by atoms with Crippen LogP contribution in [0.1, 0.15) is 6.92 Å². The first-order chi connectivity index (χ1) is 6.67. The van der Waals surface area contributed by atoms with E-state index in [9.17, 15) is 0 Å². The van der Waals surface area contributed by atoms with E-state index in [0.29, 0.717) is 5.95 Å². The summed E-state index contributed by atoms with van der Waals surface area (Å²) in [5.74, 6) is 0.596. The highest BCUT2D eigenvalue weighted by Gasteiger charge is 2.03. The van der Waals surface area contributed by atoms with Crippen molar-refractivity contribution in [3.8, 4) is 0 Å². The van der Waals surface area contributed by atoms with Gasteiger partial charge < -0.3 is 0 Å². The fraction of sp³-hybridized carbons (Fsp3) is 0.333. The van der Waals surface area contributed by atoms with Crippen LogP contribution in [0, 0.1) is 0 Å². The normalized spacial score (nSPS) is 11.2. The lowest BCUT2D eigenvalue weighted by Gasteiger charge is -1.91. The molecule has 4 nitrogen and oxygen atoms in total. The first-order valence-corrected chi connectivity index (χ1v) is 5.26. The van der Waals surface area contributed by atoms with Crippen molar-refractivity contribution in [1.82, 2.24) is 14.8 Å². The van der Waals surface area contributed by atoms with Gasteiger partial charge in [0.05, 0.1) is 0 Å². The van der Waals surface area contributed by atoms with Crippen LogP contribution in [0.4, 0.5) is 5.95 Å². The maximum atomic E-state index is 4.25. The molecular weight excluding hydrogens is 196 g/mol. The Labute approximate surface area is 87.5 Å². The minimum absolute atomic E-state index is 0.596. The van der Waals surface area contributed by atoms with Crippen molar-refractivity contribution in [2.75, 3.05) is 6.26 Å².